The molecular weight excluding hydrogens is 318 g/mol. The average Bonchev–Trinajstić information content (AvgIpc) is 3.35. The van der Waals surface area contributed by atoms with E-state index in [-0.39, 0.29) is 12.2 Å². The van der Waals surface area contributed by atoms with E-state index < -0.39 is 0 Å². The SMILES string of the molecule is c1coc([C@@H]2CN(Cc3ccccc3OC[C@@H]3CCCO3)CCO2)c1. The van der Waals surface area contributed by atoms with Crippen molar-refractivity contribution in [2.45, 2.75) is 31.6 Å². The lowest BCUT2D eigenvalue weighted by atomic mass is 10.1. The summed E-state index contributed by atoms with van der Waals surface area (Å²) in [6.07, 6.45) is 4.17. The minimum absolute atomic E-state index is 0.00344. The maximum atomic E-state index is 6.06. The molecule has 2 fully saturated rings. The molecule has 0 aliphatic carbocycles. The van der Waals surface area contributed by atoms with Crippen molar-refractivity contribution in [2.75, 3.05) is 32.9 Å². The van der Waals surface area contributed by atoms with Gasteiger partial charge in [-0.3, -0.25) is 4.90 Å². The van der Waals surface area contributed by atoms with E-state index in [1.165, 1.54) is 5.56 Å². The van der Waals surface area contributed by atoms with Gasteiger partial charge in [-0.1, -0.05) is 18.2 Å². The molecule has 5 nitrogen and oxygen atoms in total. The highest BCUT2D eigenvalue weighted by Gasteiger charge is 2.24. The van der Waals surface area contributed by atoms with Gasteiger partial charge in [-0.25, -0.2) is 0 Å². The summed E-state index contributed by atoms with van der Waals surface area (Å²) in [5.74, 6) is 1.85. The van der Waals surface area contributed by atoms with Crippen molar-refractivity contribution in [3.8, 4) is 5.75 Å². The second kappa shape index (κ2) is 8.04. The maximum Gasteiger partial charge on any atom is 0.133 e. The first-order valence-corrected chi connectivity index (χ1v) is 9.08. The van der Waals surface area contributed by atoms with Crippen LogP contribution in [0.5, 0.6) is 5.75 Å². The Morgan fingerprint density at radius 3 is 2.88 bits per heavy atom. The van der Waals surface area contributed by atoms with E-state index in [0.29, 0.717) is 13.2 Å². The highest BCUT2D eigenvalue weighted by molar-refractivity contribution is 5.33. The zero-order valence-electron chi connectivity index (χ0n) is 14.4. The monoisotopic (exact) mass is 343 g/mol. The summed E-state index contributed by atoms with van der Waals surface area (Å²) in [5.41, 5.74) is 1.21. The molecule has 134 valence electrons. The largest absolute Gasteiger partial charge is 0.491 e. The van der Waals surface area contributed by atoms with Crippen molar-refractivity contribution < 1.29 is 18.6 Å². The second-order valence-electron chi connectivity index (χ2n) is 6.66. The number of furan rings is 1. The Labute approximate surface area is 148 Å². The van der Waals surface area contributed by atoms with E-state index >= 15 is 0 Å². The quantitative estimate of drug-likeness (QED) is 0.804. The molecule has 3 heterocycles. The molecule has 1 aromatic heterocycles. The number of para-hydroxylation sites is 1. The number of rotatable bonds is 6. The molecule has 0 spiro atoms. The minimum atomic E-state index is 0.00344. The van der Waals surface area contributed by atoms with Crippen LogP contribution in [0.2, 0.25) is 0 Å². The molecule has 0 saturated carbocycles. The standard InChI is InChI=1S/C20H25NO4/c1-2-7-18(25-15-17-6-3-10-22-17)16(5-1)13-21-9-12-24-20(14-21)19-8-4-11-23-19/h1-2,4-5,7-8,11,17,20H,3,6,9-10,12-15H2/t17-,20-/m0/s1. The van der Waals surface area contributed by atoms with Crippen LogP contribution in [-0.2, 0) is 16.0 Å². The molecule has 2 aliphatic heterocycles. The summed E-state index contributed by atoms with van der Waals surface area (Å²) < 4.78 is 23.1. The fourth-order valence-corrected chi connectivity index (χ4v) is 3.47. The molecule has 2 saturated heterocycles. The molecule has 25 heavy (non-hydrogen) atoms. The Morgan fingerprint density at radius 2 is 2.04 bits per heavy atom. The highest BCUT2D eigenvalue weighted by Crippen LogP contribution is 2.26. The number of ether oxygens (including phenoxy) is 3. The van der Waals surface area contributed by atoms with Crippen LogP contribution in [0.15, 0.2) is 47.1 Å². The Balaban J connectivity index is 1.38. The molecule has 0 unspecified atom stereocenters. The fourth-order valence-electron chi connectivity index (χ4n) is 3.47. The van der Waals surface area contributed by atoms with Gasteiger partial charge in [-0.05, 0) is 31.0 Å². The van der Waals surface area contributed by atoms with Gasteiger partial charge in [0.15, 0.2) is 0 Å². The molecular formula is C20H25NO4. The van der Waals surface area contributed by atoms with Gasteiger partial charge in [0.1, 0.15) is 24.2 Å². The molecule has 2 aliphatic rings. The van der Waals surface area contributed by atoms with Crippen molar-refractivity contribution in [3.05, 3.63) is 54.0 Å². The number of benzene rings is 1. The van der Waals surface area contributed by atoms with E-state index in [1.807, 2.05) is 18.2 Å². The smallest absolute Gasteiger partial charge is 0.133 e. The van der Waals surface area contributed by atoms with Gasteiger partial charge in [-0.15, -0.1) is 0 Å². The van der Waals surface area contributed by atoms with Crippen LogP contribution in [0.1, 0.15) is 30.3 Å². The van der Waals surface area contributed by atoms with E-state index in [9.17, 15) is 0 Å². The predicted octanol–water partition coefficient (Wildman–Crippen LogP) is 3.41. The molecule has 2 atom stereocenters. The molecule has 0 N–H and O–H groups in total. The van der Waals surface area contributed by atoms with Crippen LogP contribution < -0.4 is 4.74 Å². The van der Waals surface area contributed by atoms with Crippen molar-refractivity contribution in [1.29, 1.82) is 0 Å². The van der Waals surface area contributed by atoms with Gasteiger partial charge in [-0.2, -0.15) is 0 Å². The summed E-state index contributed by atoms with van der Waals surface area (Å²) in [7, 11) is 0. The Kier molecular flexibility index (Phi) is 5.35. The second-order valence-corrected chi connectivity index (χ2v) is 6.66. The minimum Gasteiger partial charge on any atom is -0.491 e. The summed E-state index contributed by atoms with van der Waals surface area (Å²) in [6.45, 7) is 4.80. The Bertz CT molecular complexity index is 651. The van der Waals surface area contributed by atoms with Crippen LogP contribution >= 0.6 is 0 Å². The van der Waals surface area contributed by atoms with Crippen molar-refractivity contribution >= 4 is 0 Å². The third-order valence-corrected chi connectivity index (χ3v) is 4.83. The zero-order chi connectivity index (χ0) is 16.9. The topological polar surface area (TPSA) is 44.1 Å². The van der Waals surface area contributed by atoms with E-state index in [2.05, 4.69) is 23.1 Å². The average molecular weight is 343 g/mol. The van der Waals surface area contributed by atoms with Gasteiger partial charge in [0, 0.05) is 31.8 Å². The first-order chi connectivity index (χ1) is 12.4. The molecule has 0 bridgehead atoms. The van der Waals surface area contributed by atoms with E-state index in [1.54, 1.807) is 6.26 Å². The number of morpholine rings is 1. The van der Waals surface area contributed by atoms with Crippen LogP contribution in [0, 0.1) is 0 Å². The molecule has 4 rings (SSSR count). The van der Waals surface area contributed by atoms with E-state index in [4.69, 9.17) is 18.6 Å². The lowest BCUT2D eigenvalue weighted by Gasteiger charge is -2.32. The number of hydrogen-bond acceptors (Lipinski definition) is 5. The van der Waals surface area contributed by atoms with Crippen molar-refractivity contribution in [3.63, 3.8) is 0 Å². The summed E-state index contributed by atoms with van der Waals surface area (Å²) >= 11 is 0. The first-order valence-electron chi connectivity index (χ1n) is 9.08. The van der Waals surface area contributed by atoms with Gasteiger partial charge >= 0.3 is 0 Å². The van der Waals surface area contributed by atoms with Crippen LogP contribution in [0.3, 0.4) is 0 Å². The fraction of sp³-hybridized carbons (Fsp3) is 0.500. The number of hydrogen-bond donors (Lipinski definition) is 0. The lowest BCUT2D eigenvalue weighted by molar-refractivity contribution is -0.0430. The lowest BCUT2D eigenvalue weighted by Crippen LogP contribution is -2.37. The highest BCUT2D eigenvalue weighted by atomic mass is 16.5. The maximum absolute atomic E-state index is 6.06. The zero-order valence-corrected chi connectivity index (χ0v) is 14.4. The normalized spacial score (nSPS) is 24.5. The van der Waals surface area contributed by atoms with Crippen LogP contribution in [-0.4, -0.2) is 43.9 Å². The first kappa shape index (κ1) is 16.6. The van der Waals surface area contributed by atoms with Gasteiger partial charge < -0.3 is 18.6 Å². The molecule has 2 aromatic rings. The summed E-state index contributed by atoms with van der Waals surface area (Å²) in [6, 6.07) is 12.2. The predicted molar refractivity (Wildman–Crippen MR) is 93.6 cm³/mol. The summed E-state index contributed by atoms with van der Waals surface area (Å²) in [5, 5.41) is 0. The molecule has 1 aromatic carbocycles. The third kappa shape index (κ3) is 4.24. The molecule has 0 radical (unpaired) electrons. The Morgan fingerprint density at radius 1 is 1.08 bits per heavy atom. The van der Waals surface area contributed by atoms with E-state index in [0.717, 1.165) is 50.6 Å². The van der Waals surface area contributed by atoms with Crippen molar-refractivity contribution in [2.24, 2.45) is 0 Å². The molecule has 0 amide bonds. The van der Waals surface area contributed by atoms with Gasteiger partial charge in [0.2, 0.25) is 0 Å². The van der Waals surface area contributed by atoms with Crippen molar-refractivity contribution in [1.82, 2.24) is 4.90 Å². The Hall–Kier alpha value is -1.82. The van der Waals surface area contributed by atoms with Gasteiger partial charge in [0.05, 0.1) is 19.0 Å². The van der Waals surface area contributed by atoms with Crippen LogP contribution in [0.25, 0.3) is 0 Å². The summed E-state index contributed by atoms with van der Waals surface area (Å²) in [4.78, 5) is 2.39. The molecule has 5 heteroatoms. The number of nitrogens with zero attached hydrogens (tertiary/aromatic N) is 1. The van der Waals surface area contributed by atoms with Gasteiger partial charge in [0.25, 0.3) is 0 Å². The third-order valence-electron chi connectivity index (χ3n) is 4.83. The van der Waals surface area contributed by atoms with Crippen LogP contribution in [0.4, 0.5) is 0 Å².